The lowest BCUT2D eigenvalue weighted by Gasteiger charge is -2.15. The molecule has 0 unspecified atom stereocenters. The monoisotopic (exact) mass is 445 g/mol. The minimum absolute atomic E-state index is 0.0396. The molecule has 0 spiro atoms. The van der Waals surface area contributed by atoms with Crippen LogP contribution in [0.1, 0.15) is 22.3 Å². The first kappa shape index (κ1) is 21.0. The van der Waals surface area contributed by atoms with Crippen molar-refractivity contribution in [1.82, 2.24) is 4.90 Å². The van der Waals surface area contributed by atoms with Gasteiger partial charge >= 0.3 is 0 Å². The molecule has 1 aliphatic rings. The Labute approximate surface area is 181 Å². The highest BCUT2D eigenvalue weighted by molar-refractivity contribution is 8.26. The van der Waals surface area contributed by atoms with Gasteiger partial charge in [0.1, 0.15) is 4.32 Å². The van der Waals surface area contributed by atoms with Gasteiger partial charge in [0, 0.05) is 29.2 Å². The molecule has 3 rings (SSSR count). The third-order valence-corrected chi connectivity index (χ3v) is 5.65. The van der Waals surface area contributed by atoms with Crippen molar-refractivity contribution in [1.29, 1.82) is 0 Å². The Morgan fingerprint density at radius 3 is 2.55 bits per heavy atom. The van der Waals surface area contributed by atoms with Crippen molar-refractivity contribution >= 4 is 69.4 Å². The maximum Gasteiger partial charge on any atom is 0.266 e. The van der Waals surface area contributed by atoms with E-state index in [0.717, 1.165) is 17.3 Å². The number of anilines is 1. The number of carbonyl (C=O) groups is 3. The van der Waals surface area contributed by atoms with E-state index in [-0.39, 0.29) is 30.1 Å². The van der Waals surface area contributed by atoms with E-state index in [1.165, 1.54) is 23.1 Å². The predicted molar refractivity (Wildman–Crippen MR) is 115 cm³/mol. The maximum absolute atomic E-state index is 12.6. The highest BCUT2D eigenvalue weighted by Crippen LogP contribution is 2.32. The standard InChI is InChI=1S/C20H15ClN2O4S2/c21-13-7-5-12(6-8-13)11-16-18(25)23(20(28)29-16)10-9-17(24)22-15-4-2-1-3-14(15)19(26)27/h1-8,11H,9-10H2,(H,22,24)(H,26,27)/p-1/b16-11-. The first-order chi connectivity index (χ1) is 13.8. The molecule has 1 aliphatic heterocycles. The second kappa shape index (κ2) is 9.21. The number of amides is 2. The number of rotatable bonds is 6. The zero-order valence-electron chi connectivity index (χ0n) is 14.9. The zero-order valence-corrected chi connectivity index (χ0v) is 17.3. The van der Waals surface area contributed by atoms with Crippen LogP contribution in [0.3, 0.4) is 0 Å². The van der Waals surface area contributed by atoms with Gasteiger partial charge in [0.25, 0.3) is 5.91 Å². The van der Waals surface area contributed by atoms with Gasteiger partial charge in [0.15, 0.2) is 0 Å². The lowest BCUT2D eigenvalue weighted by molar-refractivity contribution is -0.254. The van der Waals surface area contributed by atoms with E-state index in [2.05, 4.69) is 5.32 Å². The maximum atomic E-state index is 12.6. The van der Waals surface area contributed by atoms with Gasteiger partial charge in [-0.3, -0.25) is 14.5 Å². The van der Waals surface area contributed by atoms with E-state index >= 15 is 0 Å². The van der Waals surface area contributed by atoms with Crippen LogP contribution in [-0.4, -0.2) is 33.5 Å². The van der Waals surface area contributed by atoms with E-state index in [1.54, 1.807) is 36.4 Å². The van der Waals surface area contributed by atoms with Crippen molar-refractivity contribution in [2.45, 2.75) is 6.42 Å². The lowest BCUT2D eigenvalue weighted by Crippen LogP contribution is -2.32. The number of halogens is 1. The molecule has 0 bridgehead atoms. The minimum Gasteiger partial charge on any atom is -0.545 e. The summed E-state index contributed by atoms with van der Waals surface area (Å²) < 4.78 is 0.359. The van der Waals surface area contributed by atoms with Crippen LogP contribution >= 0.6 is 35.6 Å². The average molecular weight is 446 g/mol. The van der Waals surface area contributed by atoms with Crippen LogP contribution in [0.15, 0.2) is 53.4 Å². The quantitative estimate of drug-likeness (QED) is 0.543. The van der Waals surface area contributed by atoms with E-state index in [4.69, 9.17) is 23.8 Å². The molecular weight excluding hydrogens is 432 g/mol. The van der Waals surface area contributed by atoms with Crippen LogP contribution in [0.25, 0.3) is 6.08 Å². The summed E-state index contributed by atoms with van der Waals surface area (Å²) in [6.45, 7) is 0.0853. The van der Waals surface area contributed by atoms with Crippen LogP contribution in [0.5, 0.6) is 0 Å². The number of thiocarbonyl (C=S) groups is 1. The zero-order chi connectivity index (χ0) is 21.0. The van der Waals surface area contributed by atoms with Gasteiger partial charge < -0.3 is 15.2 Å². The van der Waals surface area contributed by atoms with Crippen molar-refractivity contribution in [3.63, 3.8) is 0 Å². The number of carboxylic acid groups (broad SMARTS) is 1. The van der Waals surface area contributed by atoms with Gasteiger partial charge in [0.05, 0.1) is 10.9 Å². The van der Waals surface area contributed by atoms with Gasteiger partial charge in [-0.05, 0) is 29.8 Å². The number of carboxylic acids is 1. The number of hydrogen-bond acceptors (Lipinski definition) is 6. The van der Waals surface area contributed by atoms with Gasteiger partial charge in [-0.25, -0.2) is 0 Å². The SMILES string of the molecule is O=C(CCN1C(=O)/C(=C/c2ccc(Cl)cc2)SC1=S)Nc1ccccc1C(=O)[O-]. The van der Waals surface area contributed by atoms with Crippen LogP contribution in [0.4, 0.5) is 5.69 Å². The molecule has 1 N–H and O–H groups in total. The van der Waals surface area contributed by atoms with Crippen LogP contribution < -0.4 is 10.4 Å². The normalized spacial score (nSPS) is 15.1. The highest BCUT2D eigenvalue weighted by atomic mass is 35.5. The summed E-state index contributed by atoms with van der Waals surface area (Å²) in [5, 5.41) is 14.2. The molecule has 148 valence electrons. The minimum atomic E-state index is -1.38. The van der Waals surface area contributed by atoms with Crippen molar-refractivity contribution in [3.8, 4) is 0 Å². The number of carbonyl (C=O) groups excluding carboxylic acids is 3. The molecule has 2 aromatic rings. The Morgan fingerprint density at radius 2 is 1.86 bits per heavy atom. The van der Waals surface area contributed by atoms with Gasteiger partial charge in [0.2, 0.25) is 5.91 Å². The number of nitrogens with zero attached hydrogens (tertiary/aromatic N) is 1. The molecule has 1 heterocycles. The molecule has 1 saturated heterocycles. The fourth-order valence-electron chi connectivity index (χ4n) is 2.60. The molecule has 0 aliphatic carbocycles. The summed E-state index contributed by atoms with van der Waals surface area (Å²) in [6.07, 6.45) is 1.67. The van der Waals surface area contributed by atoms with E-state index in [1.807, 2.05) is 0 Å². The number of para-hydroxylation sites is 1. The van der Waals surface area contributed by atoms with Gasteiger partial charge in [-0.1, -0.05) is 65.9 Å². The number of benzene rings is 2. The fraction of sp³-hybridized carbons (Fsp3) is 0.100. The lowest BCUT2D eigenvalue weighted by atomic mass is 10.1. The molecule has 29 heavy (non-hydrogen) atoms. The molecular formula is C20H14ClN2O4S2-. The number of aromatic carboxylic acids is 1. The van der Waals surface area contributed by atoms with E-state index in [9.17, 15) is 19.5 Å². The fourth-order valence-corrected chi connectivity index (χ4v) is 4.03. The molecule has 0 atom stereocenters. The number of hydrogen-bond donors (Lipinski definition) is 1. The average Bonchev–Trinajstić information content (AvgIpc) is 2.95. The largest absolute Gasteiger partial charge is 0.545 e. The Morgan fingerprint density at radius 1 is 1.17 bits per heavy atom. The molecule has 0 radical (unpaired) electrons. The van der Waals surface area contributed by atoms with Crippen molar-refractivity contribution in [2.24, 2.45) is 0 Å². The van der Waals surface area contributed by atoms with Crippen molar-refractivity contribution in [3.05, 3.63) is 69.6 Å². The third kappa shape index (κ3) is 5.23. The number of thioether (sulfide) groups is 1. The molecule has 1 fully saturated rings. The molecule has 2 amide bonds. The molecule has 0 saturated carbocycles. The summed E-state index contributed by atoms with van der Waals surface area (Å²) in [6, 6.07) is 13.0. The van der Waals surface area contributed by atoms with Crippen molar-refractivity contribution < 1.29 is 19.5 Å². The topological polar surface area (TPSA) is 89.5 Å². The summed E-state index contributed by atoms with van der Waals surface area (Å²) in [4.78, 5) is 37.8. The summed E-state index contributed by atoms with van der Waals surface area (Å²) >= 11 is 12.3. The first-order valence-corrected chi connectivity index (χ1v) is 10.1. The van der Waals surface area contributed by atoms with Crippen LogP contribution in [0, 0.1) is 0 Å². The Kier molecular flexibility index (Phi) is 6.68. The Hall–Kier alpha value is -2.68. The third-order valence-electron chi connectivity index (χ3n) is 4.02. The van der Waals surface area contributed by atoms with Gasteiger partial charge in [-0.2, -0.15) is 0 Å². The first-order valence-electron chi connectivity index (χ1n) is 8.46. The summed E-state index contributed by atoms with van der Waals surface area (Å²) in [5.41, 5.74) is 0.842. The molecule has 6 nitrogen and oxygen atoms in total. The summed E-state index contributed by atoms with van der Waals surface area (Å²) in [5.74, 6) is -2.10. The van der Waals surface area contributed by atoms with E-state index < -0.39 is 11.9 Å². The Balaban J connectivity index is 1.63. The smallest absolute Gasteiger partial charge is 0.266 e. The molecule has 2 aromatic carbocycles. The van der Waals surface area contributed by atoms with Crippen LogP contribution in [-0.2, 0) is 9.59 Å². The predicted octanol–water partition coefficient (Wildman–Crippen LogP) is 2.93. The van der Waals surface area contributed by atoms with Crippen LogP contribution in [0.2, 0.25) is 5.02 Å². The molecule has 9 heteroatoms. The van der Waals surface area contributed by atoms with E-state index in [0.29, 0.717) is 14.2 Å². The second-order valence-corrected chi connectivity index (χ2v) is 8.13. The highest BCUT2D eigenvalue weighted by Gasteiger charge is 2.32. The Bertz CT molecular complexity index is 1020. The summed E-state index contributed by atoms with van der Waals surface area (Å²) in [7, 11) is 0. The number of nitrogens with one attached hydrogen (secondary N) is 1. The second-order valence-electron chi connectivity index (χ2n) is 6.02. The van der Waals surface area contributed by atoms with Gasteiger partial charge in [-0.15, -0.1) is 0 Å². The molecule has 0 aromatic heterocycles. The van der Waals surface area contributed by atoms with Crippen molar-refractivity contribution in [2.75, 3.05) is 11.9 Å².